The van der Waals surface area contributed by atoms with Gasteiger partial charge in [0, 0.05) is 22.8 Å². The zero-order valence-corrected chi connectivity index (χ0v) is 20.2. The lowest BCUT2D eigenvalue weighted by Crippen LogP contribution is -2.25. The maximum atomic E-state index is 14.6. The van der Waals surface area contributed by atoms with Crippen molar-refractivity contribution in [1.82, 2.24) is 4.57 Å². The van der Waals surface area contributed by atoms with Crippen molar-refractivity contribution in [1.29, 1.82) is 0 Å². The third kappa shape index (κ3) is 3.85. The van der Waals surface area contributed by atoms with Crippen LogP contribution in [-0.2, 0) is 14.3 Å². The van der Waals surface area contributed by atoms with E-state index in [9.17, 15) is 14.0 Å². The van der Waals surface area contributed by atoms with Crippen molar-refractivity contribution < 1.29 is 18.7 Å². The number of anilines is 1. The third-order valence-electron chi connectivity index (χ3n) is 6.12. The number of amides is 1. The maximum Gasteiger partial charge on any atom is 0.340 e. The predicted octanol–water partition coefficient (Wildman–Crippen LogP) is 5.73. The summed E-state index contributed by atoms with van der Waals surface area (Å²) in [5.74, 6) is -1.66. The highest BCUT2D eigenvalue weighted by atomic mass is 19.1. The Bertz CT molecular complexity index is 1370. The summed E-state index contributed by atoms with van der Waals surface area (Å²) >= 11 is 0. The molecule has 0 aliphatic carbocycles. The number of para-hydroxylation sites is 1. The minimum Gasteiger partial charge on any atom is -0.465 e. The summed E-state index contributed by atoms with van der Waals surface area (Å²) in [5, 5.41) is 0. The summed E-state index contributed by atoms with van der Waals surface area (Å²) in [4.78, 5) is 27.4. The number of hydrogen-bond donors (Lipinski definition) is 0. The molecule has 1 amide bonds. The Hall–Kier alpha value is -3.93. The number of carbonyl (C=O) groups is 2. The van der Waals surface area contributed by atoms with Crippen LogP contribution in [0.4, 0.5) is 10.1 Å². The van der Waals surface area contributed by atoms with Gasteiger partial charge in [0.25, 0.3) is 5.91 Å². The number of halogens is 1. The fraction of sp³-hybridized carbons (Fsp3) is 0.214. The molecule has 0 unspecified atom stereocenters. The quantitative estimate of drug-likeness (QED) is 0.371. The van der Waals surface area contributed by atoms with Crippen molar-refractivity contribution in [3.05, 3.63) is 99.3 Å². The molecule has 0 radical (unpaired) electrons. The SMILES string of the molecule is COC(=O)C1=C(C)N(c2ccccc2F)C(=O)/C1=C\c1cc(C)n(-c2cc(C)cc(C)c2)c1C. The molecule has 0 N–H and O–H groups in total. The summed E-state index contributed by atoms with van der Waals surface area (Å²) < 4.78 is 21.7. The molecular weight excluding hydrogens is 431 g/mol. The van der Waals surface area contributed by atoms with Crippen LogP contribution in [0.15, 0.2) is 65.4 Å². The van der Waals surface area contributed by atoms with E-state index in [0.717, 1.165) is 33.8 Å². The van der Waals surface area contributed by atoms with Crippen molar-refractivity contribution in [2.24, 2.45) is 0 Å². The normalized spacial score (nSPS) is 15.0. The molecule has 0 saturated carbocycles. The molecule has 34 heavy (non-hydrogen) atoms. The van der Waals surface area contributed by atoms with Crippen molar-refractivity contribution in [2.45, 2.75) is 34.6 Å². The highest BCUT2D eigenvalue weighted by molar-refractivity contribution is 6.23. The largest absolute Gasteiger partial charge is 0.465 e. The third-order valence-corrected chi connectivity index (χ3v) is 6.12. The second-order valence-electron chi connectivity index (χ2n) is 8.61. The average molecular weight is 459 g/mol. The van der Waals surface area contributed by atoms with E-state index in [0.29, 0.717) is 5.70 Å². The number of aryl methyl sites for hydroxylation is 3. The number of nitrogens with zero attached hydrogens (tertiary/aromatic N) is 2. The first-order valence-electron chi connectivity index (χ1n) is 11.0. The first-order chi connectivity index (χ1) is 16.1. The number of hydrogen-bond acceptors (Lipinski definition) is 3. The fourth-order valence-electron chi connectivity index (χ4n) is 4.67. The Morgan fingerprint density at radius 1 is 0.971 bits per heavy atom. The number of rotatable bonds is 4. The van der Waals surface area contributed by atoms with Crippen LogP contribution in [0.3, 0.4) is 0 Å². The van der Waals surface area contributed by atoms with Crippen molar-refractivity contribution in [3.63, 3.8) is 0 Å². The van der Waals surface area contributed by atoms with Gasteiger partial charge in [-0.3, -0.25) is 9.69 Å². The van der Waals surface area contributed by atoms with Crippen LogP contribution >= 0.6 is 0 Å². The first-order valence-corrected chi connectivity index (χ1v) is 11.0. The molecule has 1 aliphatic heterocycles. The molecule has 0 atom stereocenters. The smallest absolute Gasteiger partial charge is 0.340 e. The molecular formula is C28H27FN2O3. The van der Waals surface area contributed by atoms with Crippen LogP contribution in [0.1, 0.15) is 35.0 Å². The van der Waals surface area contributed by atoms with Gasteiger partial charge in [-0.25, -0.2) is 9.18 Å². The van der Waals surface area contributed by atoms with Gasteiger partial charge in [-0.1, -0.05) is 18.2 Å². The van der Waals surface area contributed by atoms with E-state index < -0.39 is 17.7 Å². The summed E-state index contributed by atoms with van der Waals surface area (Å²) in [6.45, 7) is 9.70. The van der Waals surface area contributed by atoms with Gasteiger partial charge in [0.05, 0.1) is 23.9 Å². The lowest BCUT2D eigenvalue weighted by atomic mass is 10.0. The van der Waals surface area contributed by atoms with Crippen LogP contribution in [0.5, 0.6) is 0 Å². The molecule has 1 aliphatic rings. The van der Waals surface area contributed by atoms with Gasteiger partial charge in [0.2, 0.25) is 0 Å². The van der Waals surface area contributed by atoms with Crippen LogP contribution in [0, 0.1) is 33.5 Å². The zero-order chi connectivity index (χ0) is 24.7. The molecule has 3 aromatic rings. The Labute approximate surface area is 198 Å². The van der Waals surface area contributed by atoms with Gasteiger partial charge in [-0.15, -0.1) is 0 Å². The van der Waals surface area contributed by atoms with E-state index in [-0.39, 0.29) is 16.8 Å². The second kappa shape index (κ2) is 8.78. The molecule has 2 heterocycles. The Balaban J connectivity index is 1.88. The van der Waals surface area contributed by atoms with E-state index in [1.807, 2.05) is 19.9 Å². The Morgan fingerprint density at radius 3 is 2.24 bits per heavy atom. The lowest BCUT2D eigenvalue weighted by Gasteiger charge is -2.18. The minimum atomic E-state index is -0.640. The summed E-state index contributed by atoms with van der Waals surface area (Å²) in [7, 11) is 1.27. The molecule has 0 saturated heterocycles. The molecule has 5 nitrogen and oxygen atoms in total. The van der Waals surface area contributed by atoms with Gasteiger partial charge in [0.1, 0.15) is 5.82 Å². The molecule has 0 spiro atoms. The highest BCUT2D eigenvalue weighted by Gasteiger charge is 2.39. The first kappa shape index (κ1) is 23.2. The van der Waals surface area contributed by atoms with E-state index in [1.54, 1.807) is 25.1 Å². The zero-order valence-electron chi connectivity index (χ0n) is 20.2. The number of aromatic nitrogens is 1. The molecule has 6 heteroatoms. The standard InChI is InChI=1S/C28H27FN2O3/c1-16-11-17(2)13-22(12-16)30-18(3)14-21(19(30)4)15-23-26(28(33)34-6)20(5)31(27(23)32)25-10-8-7-9-24(25)29/h7-15H,1-6H3/b23-15-. The van der Waals surface area contributed by atoms with E-state index in [1.165, 1.54) is 24.1 Å². The van der Waals surface area contributed by atoms with Crippen molar-refractivity contribution >= 4 is 23.6 Å². The number of carbonyl (C=O) groups excluding carboxylic acids is 2. The Kier molecular flexibility index (Phi) is 6.00. The number of allylic oxidation sites excluding steroid dienone is 1. The van der Waals surface area contributed by atoms with Gasteiger partial charge in [-0.2, -0.15) is 0 Å². The van der Waals surface area contributed by atoms with Gasteiger partial charge < -0.3 is 9.30 Å². The number of benzene rings is 2. The maximum absolute atomic E-state index is 14.6. The molecule has 1 aromatic heterocycles. The van der Waals surface area contributed by atoms with E-state index in [4.69, 9.17) is 4.74 Å². The van der Waals surface area contributed by atoms with Crippen LogP contribution in [0.25, 0.3) is 11.8 Å². The molecule has 174 valence electrons. The molecule has 0 fully saturated rings. The van der Waals surface area contributed by atoms with E-state index >= 15 is 0 Å². The van der Waals surface area contributed by atoms with Gasteiger partial charge >= 0.3 is 5.97 Å². The number of ether oxygens (including phenoxy) is 1. The van der Waals surface area contributed by atoms with Crippen molar-refractivity contribution in [3.8, 4) is 5.69 Å². The summed E-state index contributed by atoms with van der Waals surface area (Å²) in [6, 6.07) is 14.3. The second-order valence-corrected chi connectivity index (χ2v) is 8.61. The molecule has 4 rings (SSSR count). The lowest BCUT2D eigenvalue weighted by molar-refractivity contribution is -0.136. The van der Waals surface area contributed by atoms with Crippen LogP contribution in [0.2, 0.25) is 0 Å². The van der Waals surface area contributed by atoms with Gasteiger partial charge in [-0.05, 0) is 87.7 Å². The van der Waals surface area contributed by atoms with Crippen LogP contribution in [-0.4, -0.2) is 23.6 Å². The van der Waals surface area contributed by atoms with E-state index in [2.05, 4.69) is 36.6 Å². The van der Waals surface area contributed by atoms with Crippen LogP contribution < -0.4 is 4.90 Å². The molecule has 0 bridgehead atoms. The van der Waals surface area contributed by atoms with Crippen molar-refractivity contribution in [2.75, 3.05) is 12.0 Å². The molecule has 2 aromatic carbocycles. The minimum absolute atomic E-state index is 0.0931. The highest BCUT2D eigenvalue weighted by Crippen LogP contribution is 2.37. The topological polar surface area (TPSA) is 51.5 Å². The summed E-state index contributed by atoms with van der Waals surface area (Å²) in [6.07, 6.45) is 1.69. The summed E-state index contributed by atoms with van der Waals surface area (Å²) in [5.41, 5.74) is 6.78. The Morgan fingerprint density at radius 2 is 1.62 bits per heavy atom. The number of methoxy groups -OCH3 is 1. The average Bonchev–Trinajstić information content (AvgIpc) is 3.19. The monoisotopic (exact) mass is 458 g/mol. The predicted molar refractivity (Wildman–Crippen MR) is 131 cm³/mol. The van der Waals surface area contributed by atoms with Gasteiger partial charge in [0.15, 0.2) is 0 Å². The fourth-order valence-corrected chi connectivity index (χ4v) is 4.67. The number of esters is 1.